The Morgan fingerprint density at radius 1 is 0.679 bits per heavy atom. The summed E-state index contributed by atoms with van der Waals surface area (Å²) in [4.78, 5) is 24.8. The van der Waals surface area contributed by atoms with Crippen molar-refractivity contribution in [3.05, 3.63) is 36.5 Å². The summed E-state index contributed by atoms with van der Waals surface area (Å²) < 4.78 is 10.8. The quantitative estimate of drug-likeness (QED) is 0.178. The molecule has 4 nitrogen and oxygen atoms in total. The Balaban J connectivity index is 2.34. The van der Waals surface area contributed by atoms with E-state index >= 15 is 0 Å². The Kier molecular flexibility index (Phi) is 14.0. The minimum atomic E-state index is -0.331. The number of carbonyl (C=O) groups is 2. The molecule has 0 spiro atoms. The van der Waals surface area contributed by atoms with Crippen LogP contribution in [0.25, 0.3) is 0 Å². The van der Waals surface area contributed by atoms with Crippen molar-refractivity contribution in [2.75, 3.05) is 13.2 Å². The summed E-state index contributed by atoms with van der Waals surface area (Å²) >= 11 is 0. The topological polar surface area (TPSA) is 52.6 Å². The third-order valence-corrected chi connectivity index (χ3v) is 5.03. The molecule has 0 saturated carbocycles. The fraction of sp³-hybridized carbons (Fsp3) is 0.667. The molecule has 0 fully saturated rings. The monoisotopic (exact) mass is 390 g/mol. The van der Waals surface area contributed by atoms with Gasteiger partial charge in [-0.1, -0.05) is 37.8 Å². The lowest BCUT2D eigenvalue weighted by molar-refractivity contribution is -0.143. The standard InChI is InChI=1S/C24H38O4/c1-3-5-7-9-11-15-19-27-23(25)21-17-13-14-18-22(21)24(26)28-20-16-12-10-8-6-4-2/h3-4H,1-2,5-20H2. The van der Waals surface area contributed by atoms with Crippen LogP contribution in [0.5, 0.6) is 0 Å². The average Bonchev–Trinajstić information content (AvgIpc) is 2.72. The highest BCUT2D eigenvalue weighted by Crippen LogP contribution is 2.27. The molecule has 1 rings (SSSR count). The van der Waals surface area contributed by atoms with E-state index in [2.05, 4.69) is 13.2 Å². The summed E-state index contributed by atoms with van der Waals surface area (Å²) in [5, 5.41) is 0. The van der Waals surface area contributed by atoms with Crippen LogP contribution in [0.3, 0.4) is 0 Å². The summed E-state index contributed by atoms with van der Waals surface area (Å²) in [7, 11) is 0. The Hall–Kier alpha value is -1.84. The van der Waals surface area contributed by atoms with Gasteiger partial charge < -0.3 is 9.47 Å². The molecular formula is C24H38O4. The van der Waals surface area contributed by atoms with Crippen LogP contribution in [0, 0.1) is 0 Å². The maximum Gasteiger partial charge on any atom is 0.334 e. The van der Waals surface area contributed by atoms with E-state index in [0.717, 1.165) is 77.0 Å². The van der Waals surface area contributed by atoms with Gasteiger partial charge in [0.15, 0.2) is 0 Å². The lowest BCUT2D eigenvalue weighted by Gasteiger charge is -2.18. The zero-order valence-corrected chi connectivity index (χ0v) is 17.5. The van der Waals surface area contributed by atoms with Crippen molar-refractivity contribution < 1.29 is 19.1 Å². The van der Waals surface area contributed by atoms with Crippen LogP contribution in [-0.4, -0.2) is 25.2 Å². The van der Waals surface area contributed by atoms with Crippen LogP contribution in [0.4, 0.5) is 0 Å². The molecule has 0 unspecified atom stereocenters. The molecule has 0 saturated heterocycles. The van der Waals surface area contributed by atoms with Gasteiger partial charge in [0.25, 0.3) is 0 Å². The van der Waals surface area contributed by atoms with Gasteiger partial charge in [-0.2, -0.15) is 0 Å². The third-order valence-electron chi connectivity index (χ3n) is 5.03. The molecule has 0 aromatic carbocycles. The molecule has 0 bridgehead atoms. The Morgan fingerprint density at radius 2 is 1.07 bits per heavy atom. The van der Waals surface area contributed by atoms with Crippen LogP contribution in [0.1, 0.15) is 89.9 Å². The number of hydrogen-bond donors (Lipinski definition) is 0. The fourth-order valence-electron chi connectivity index (χ4n) is 3.35. The predicted molar refractivity (Wildman–Crippen MR) is 114 cm³/mol. The molecule has 0 atom stereocenters. The second-order valence-electron chi connectivity index (χ2n) is 7.42. The zero-order chi connectivity index (χ0) is 20.5. The van der Waals surface area contributed by atoms with Crippen molar-refractivity contribution in [1.29, 1.82) is 0 Å². The first kappa shape index (κ1) is 24.2. The van der Waals surface area contributed by atoms with Crippen LogP contribution >= 0.6 is 0 Å². The Labute approximate surface area is 171 Å². The van der Waals surface area contributed by atoms with Gasteiger partial charge in [-0.05, 0) is 64.2 Å². The van der Waals surface area contributed by atoms with E-state index in [1.165, 1.54) is 0 Å². The summed E-state index contributed by atoms with van der Waals surface area (Å²) in [5.74, 6) is -0.663. The number of ether oxygens (including phenoxy) is 2. The maximum atomic E-state index is 12.4. The minimum absolute atomic E-state index is 0.331. The van der Waals surface area contributed by atoms with E-state index in [1.54, 1.807) is 0 Å². The highest BCUT2D eigenvalue weighted by Gasteiger charge is 2.25. The van der Waals surface area contributed by atoms with Crippen molar-refractivity contribution in [2.24, 2.45) is 0 Å². The molecule has 0 aliphatic heterocycles. The van der Waals surface area contributed by atoms with E-state index in [-0.39, 0.29) is 11.9 Å². The third kappa shape index (κ3) is 10.5. The molecule has 0 heterocycles. The SMILES string of the molecule is C=CCCCCCCOC(=O)C1=C(C(=O)OCCCCCCC=C)CCCC1. The number of rotatable bonds is 16. The van der Waals surface area contributed by atoms with Gasteiger partial charge in [-0.25, -0.2) is 9.59 Å². The average molecular weight is 391 g/mol. The van der Waals surface area contributed by atoms with Gasteiger partial charge in [0.2, 0.25) is 0 Å². The second kappa shape index (κ2) is 16.1. The van der Waals surface area contributed by atoms with Gasteiger partial charge >= 0.3 is 11.9 Å². The molecule has 1 aliphatic carbocycles. The van der Waals surface area contributed by atoms with Gasteiger partial charge in [0.05, 0.1) is 13.2 Å². The molecule has 0 aromatic rings. The largest absolute Gasteiger partial charge is 0.462 e. The number of allylic oxidation sites excluding steroid dienone is 2. The molecular weight excluding hydrogens is 352 g/mol. The van der Waals surface area contributed by atoms with Gasteiger partial charge in [0.1, 0.15) is 0 Å². The Bertz CT molecular complexity index is 473. The maximum absolute atomic E-state index is 12.4. The van der Waals surface area contributed by atoms with Crippen molar-refractivity contribution in [3.8, 4) is 0 Å². The number of carbonyl (C=O) groups excluding carboxylic acids is 2. The highest BCUT2D eigenvalue weighted by atomic mass is 16.5. The first-order valence-electron chi connectivity index (χ1n) is 11.0. The van der Waals surface area contributed by atoms with Crippen LogP contribution in [0.2, 0.25) is 0 Å². The van der Waals surface area contributed by atoms with Crippen LogP contribution in [-0.2, 0) is 19.1 Å². The first-order chi connectivity index (χ1) is 13.7. The lowest BCUT2D eigenvalue weighted by Crippen LogP contribution is -2.20. The van der Waals surface area contributed by atoms with Crippen molar-refractivity contribution in [3.63, 3.8) is 0 Å². The molecule has 1 aliphatic rings. The van der Waals surface area contributed by atoms with E-state index < -0.39 is 0 Å². The lowest BCUT2D eigenvalue weighted by atomic mass is 9.91. The zero-order valence-electron chi connectivity index (χ0n) is 17.5. The number of unbranched alkanes of at least 4 members (excludes halogenated alkanes) is 8. The van der Waals surface area contributed by atoms with E-state index in [4.69, 9.17) is 9.47 Å². The predicted octanol–water partition coefficient (Wildman–Crippen LogP) is 6.22. The smallest absolute Gasteiger partial charge is 0.334 e. The summed E-state index contributed by atoms with van der Waals surface area (Å²) in [6, 6.07) is 0. The molecule has 0 N–H and O–H groups in total. The first-order valence-corrected chi connectivity index (χ1v) is 11.0. The fourth-order valence-corrected chi connectivity index (χ4v) is 3.35. The van der Waals surface area contributed by atoms with E-state index in [9.17, 15) is 9.59 Å². The van der Waals surface area contributed by atoms with Crippen LogP contribution < -0.4 is 0 Å². The van der Waals surface area contributed by atoms with Gasteiger partial charge in [-0.3, -0.25) is 0 Å². The minimum Gasteiger partial charge on any atom is -0.462 e. The number of esters is 2. The second-order valence-corrected chi connectivity index (χ2v) is 7.42. The van der Waals surface area contributed by atoms with E-state index in [0.29, 0.717) is 37.2 Å². The number of hydrogen-bond acceptors (Lipinski definition) is 4. The molecule has 0 amide bonds. The van der Waals surface area contributed by atoms with E-state index in [1.807, 2.05) is 12.2 Å². The van der Waals surface area contributed by atoms with Crippen molar-refractivity contribution in [1.82, 2.24) is 0 Å². The summed E-state index contributed by atoms with van der Waals surface area (Å²) in [5.41, 5.74) is 1.07. The summed E-state index contributed by atoms with van der Waals surface area (Å²) in [6.45, 7) is 8.27. The van der Waals surface area contributed by atoms with Crippen LogP contribution in [0.15, 0.2) is 36.5 Å². The van der Waals surface area contributed by atoms with Crippen molar-refractivity contribution in [2.45, 2.75) is 89.9 Å². The normalized spacial score (nSPS) is 13.9. The highest BCUT2D eigenvalue weighted by molar-refractivity contribution is 6.00. The van der Waals surface area contributed by atoms with Crippen molar-refractivity contribution >= 4 is 11.9 Å². The molecule has 28 heavy (non-hydrogen) atoms. The molecule has 0 aromatic heterocycles. The molecule has 4 heteroatoms. The van der Waals surface area contributed by atoms with Gasteiger partial charge in [0, 0.05) is 11.1 Å². The summed E-state index contributed by atoms with van der Waals surface area (Å²) in [6.07, 6.45) is 17.3. The molecule has 0 radical (unpaired) electrons. The molecule has 158 valence electrons. The Morgan fingerprint density at radius 3 is 1.46 bits per heavy atom. The van der Waals surface area contributed by atoms with Gasteiger partial charge in [-0.15, -0.1) is 13.2 Å².